The molecule has 1 saturated carbocycles. The zero-order chi connectivity index (χ0) is 10.2. The highest BCUT2D eigenvalue weighted by Crippen LogP contribution is 2.39. The predicted molar refractivity (Wildman–Crippen MR) is 61.3 cm³/mol. The molecule has 84 valence electrons. The van der Waals surface area contributed by atoms with Gasteiger partial charge in [-0.15, -0.1) is 12.4 Å². The molecular weight excluding hydrogens is 214 g/mol. The van der Waals surface area contributed by atoms with Crippen molar-refractivity contribution in [1.82, 2.24) is 0 Å². The fraction of sp³-hybridized carbons (Fsp3) is 0.455. The van der Waals surface area contributed by atoms with Crippen LogP contribution in [0.5, 0.6) is 5.75 Å². The van der Waals surface area contributed by atoms with Gasteiger partial charge >= 0.3 is 0 Å². The number of hydrogen-bond donors (Lipinski definition) is 2. The predicted octanol–water partition coefficient (Wildman–Crippen LogP) is 1.43. The molecule has 0 atom stereocenters. The highest BCUT2D eigenvalue weighted by atomic mass is 35.5. The molecule has 0 bridgehead atoms. The minimum absolute atomic E-state index is 0. The minimum atomic E-state index is -0.328. The smallest absolute Gasteiger partial charge is 0.118 e. The van der Waals surface area contributed by atoms with Gasteiger partial charge in [-0.05, 0) is 30.5 Å². The number of aliphatic hydroxyl groups excluding tert-OH is 1. The van der Waals surface area contributed by atoms with Gasteiger partial charge in [0.15, 0.2) is 0 Å². The van der Waals surface area contributed by atoms with Crippen molar-refractivity contribution in [3.63, 3.8) is 0 Å². The van der Waals surface area contributed by atoms with E-state index in [2.05, 4.69) is 0 Å². The van der Waals surface area contributed by atoms with Gasteiger partial charge in [-0.1, -0.05) is 12.1 Å². The third-order valence-electron chi connectivity index (χ3n) is 2.86. The number of methoxy groups -OCH3 is 1. The van der Waals surface area contributed by atoms with E-state index in [1.807, 2.05) is 24.3 Å². The largest absolute Gasteiger partial charge is 0.497 e. The number of halogens is 1. The van der Waals surface area contributed by atoms with E-state index < -0.39 is 0 Å². The van der Waals surface area contributed by atoms with Crippen LogP contribution in [0.15, 0.2) is 24.3 Å². The van der Waals surface area contributed by atoms with Crippen molar-refractivity contribution in [2.75, 3.05) is 7.11 Å². The molecule has 0 amide bonds. The molecular formula is C11H16ClNO2. The van der Waals surface area contributed by atoms with Gasteiger partial charge in [0, 0.05) is 5.54 Å². The molecule has 1 aromatic rings. The average Bonchev–Trinajstić information content (AvgIpc) is 2.16. The molecule has 4 heteroatoms. The van der Waals surface area contributed by atoms with Crippen LogP contribution in [0.4, 0.5) is 0 Å². The number of aliphatic hydroxyl groups is 1. The van der Waals surface area contributed by atoms with Crippen LogP contribution in [0.1, 0.15) is 18.4 Å². The molecule has 1 aromatic carbocycles. The van der Waals surface area contributed by atoms with Gasteiger partial charge in [0.05, 0.1) is 13.2 Å². The second-order valence-electron chi connectivity index (χ2n) is 3.95. The van der Waals surface area contributed by atoms with E-state index in [1.165, 1.54) is 0 Å². The molecule has 1 aliphatic rings. The first-order valence-corrected chi connectivity index (χ1v) is 4.75. The summed E-state index contributed by atoms with van der Waals surface area (Å²) in [5.41, 5.74) is 6.85. The van der Waals surface area contributed by atoms with Crippen LogP contribution >= 0.6 is 12.4 Å². The molecule has 1 aliphatic carbocycles. The maximum Gasteiger partial charge on any atom is 0.118 e. The number of rotatable bonds is 2. The summed E-state index contributed by atoms with van der Waals surface area (Å²) < 4.78 is 5.06. The van der Waals surface area contributed by atoms with Crippen molar-refractivity contribution in [3.05, 3.63) is 29.8 Å². The minimum Gasteiger partial charge on any atom is -0.497 e. The Kier molecular flexibility index (Phi) is 3.60. The van der Waals surface area contributed by atoms with Crippen molar-refractivity contribution in [2.45, 2.75) is 24.5 Å². The third-order valence-corrected chi connectivity index (χ3v) is 2.86. The fourth-order valence-electron chi connectivity index (χ4n) is 1.94. The molecule has 0 aliphatic heterocycles. The first-order chi connectivity index (χ1) is 6.64. The van der Waals surface area contributed by atoms with E-state index in [4.69, 9.17) is 10.5 Å². The van der Waals surface area contributed by atoms with Crippen LogP contribution in [0.3, 0.4) is 0 Å². The quantitative estimate of drug-likeness (QED) is 0.807. The lowest BCUT2D eigenvalue weighted by Crippen LogP contribution is -2.51. The zero-order valence-corrected chi connectivity index (χ0v) is 9.46. The van der Waals surface area contributed by atoms with Crippen LogP contribution in [-0.4, -0.2) is 18.3 Å². The Balaban J connectivity index is 0.00000112. The van der Waals surface area contributed by atoms with E-state index in [0.717, 1.165) is 11.3 Å². The lowest BCUT2D eigenvalue weighted by Gasteiger charge is -2.42. The second-order valence-corrected chi connectivity index (χ2v) is 3.95. The van der Waals surface area contributed by atoms with Crippen molar-refractivity contribution < 1.29 is 9.84 Å². The van der Waals surface area contributed by atoms with Gasteiger partial charge in [-0.3, -0.25) is 0 Å². The summed E-state index contributed by atoms with van der Waals surface area (Å²) in [6.45, 7) is 0. The number of nitrogens with two attached hydrogens (primary N) is 1. The topological polar surface area (TPSA) is 55.5 Å². The van der Waals surface area contributed by atoms with Crippen molar-refractivity contribution in [1.29, 1.82) is 0 Å². The van der Waals surface area contributed by atoms with Crippen molar-refractivity contribution in [3.8, 4) is 5.75 Å². The standard InChI is InChI=1S/C11H15NO2.ClH/c1-14-10-4-2-8(3-5-10)11(12)6-9(13)7-11;/h2-5,9,13H,6-7,12H2,1H3;1H. The number of ether oxygens (including phenoxy) is 1. The zero-order valence-electron chi connectivity index (χ0n) is 8.64. The molecule has 2 rings (SSSR count). The summed E-state index contributed by atoms with van der Waals surface area (Å²) >= 11 is 0. The second kappa shape index (κ2) is 4.39. The molecule has 3 N–H and O–H groups in total. The Morgan fingerprint density at radius 1 is 1.33 bits per heavy atom. The summed E-state index contributed by atoms with van der Waals surface area (Å²) in [4.78, 5) is 0. The number of hydrogen-bond acceptors (Lipinski definition) is 3. The van der Waals surface area contributed by atoms with Crippen LogP contribution < -0.4 is 10.5 Å². The molecule has 0 spiro atoms. The molecule has 0 radical (unpaired) electrons. The first kappa shape index (κ1) is 12.3. The maximum absolute atomic E-state index is 9.24. The summed E-state index contributed by atoms with van der Waals surface area (Å²) in [5, 5.41) is 9.24. The molecule has 0 saturated heterocycles. The Labute approximate surface area is 95.7 Å². The number of benzene rings is 1. The van der Waals surface area contributed by atoms with Gasteiger partial charge in [-0.2, -0.15) is 0 Å². The summed E-state index contributed by atoms with van der Waals surface area (Å²) in [6.07, 6.45) is 1.07. The van der Waals surface area contributed by atoms with Crippen molar-refractivity contribution >= 4 is 12.4 Å². The SMILES string of the molecule is COc1ccc(C2(N)CC(O)C2)cc1.Cl. The van der Waals surface area contributed by atoms with Gasteiger partial charge in [0.1, 0.15) is 5.75 Å². The van der Waals surface area contributed by atoms with Crippen LogP contribution in [0, 0.1) is 0 Å². The molecule has 3 nitrogen and oxygen atoms in total. The van der Waals surface area contributed by atoms with E-state index >= 15 is 0 Å². The normalized spacial score (nSPS) is 28.9. The van der Waals surface area contributed by atoms with Crippen LogP contribution in [-0.2, 0) is 5.54 Å². The third kappa shape index (κ3) is 2.25. The highest BCUT2D eigenvalue weighted by Gasteiger charge is 2.41. The highest BCUT2D eigenvalue weighted by molar-refractivity contribution is 5.85. The first-order valence-electron chi connectivity index (χ1n) is 4.75. The van der Waals surface area contributed by atoms with E-state index in [-0.39, 0.29) is 24.0 Å². The summed E-state index contributed by atoms with van der Waals surface area (Å²) in [6, 6.07) is 7.72. The van der Waals surface area contributed by atoms with Crippen LogP contribution in [0.2, 0.25) is 0 Å². The lowest BCUT2D eigenvalue weighted by atomic mass is 9.71. The molecule has 1 fully saturated rings. The van der Waals surface area contributed by atoms with E-state index in [9.17, 15) is 5.11 Å². The molecule has 0 aromatic heterocycles. The lowest BCUT2D eigenvalue weighted by molar-refractivity contribution is 0.0209. The van der Waals surface area contributed by atoms with Crippen molar-refractivity contribution in [2.24, 2.45) is 5.73 Å². The van der Waals surface area contributed by atoms with E-state index in [0.29, 0.717) is 12.8 Å². The molecule has 0 heterocycles. The molecule has 15 heavy (non-hydrogen) atoms. The van der Waals surface area contributed by atoms with Gasteiger partial charge in [0.25, 0.3) is 0 Å². The molecule has 0 unspecified atom stereocenters. The summed E-state index contributed by atoms with van der Waals surface area (Å²) in [5.74, 6) is 0.831. The van der Waals surface area contributed by atoms with Gasteiger partial charge in [0.2, 0.25) is 0 Å². The van der Waals surface area contributed by atoms with E-state index in [1.54, 1.807) is 7.11 Å². The Hall–Kier alpha value is -0.770. The van der Waals surface area contributed by atoms with Gasteiger partial charge in [-0.25, -0.2) is 0 Å². The maximum atomic E-state index is 9.24. The Morgan fingerprint density at radius 3 is 2.27 bits per heavy atom. The van der Waals surface area contributed by atoms with Crippen LogP contribution in [0.25, 0.3) is 0 Å². The Bertz CT molecular complexity index is 320. The monoisotopic (exact) mass is 229 g/mol. The average molecular weight is 230 g/mol. The fourth-order valence-corrected chi connectivity index (χ4v) is 1.94. The van der Waals surface area contributed by atoms with Gasteiger partial charge < -0.3 is 15.6 Å². The Morgan fingerprint density at radius 2 is 1.87 bits per heavy atom. The summed E-state index contributed by atoms with van der Waals surface area (Å²) in [7, 11) is 1.64.